The number of amides is 1. The van der Waals surface area contributed by atoms with Crippen molar-refractivity contribution in [2.24, 2.45) is 5.92 Å². The Kier molecular flexibility index (Phi) is 5.31. The Morgan fingerprint density at radius 3 is 2.55 bits per heavy atom. The fraction of sp³-hybridized carbons (Fsp3) is 0.412. The van der Waals surface area contributed by atoms with Crippen molar-refractivity contribution in [2.75, 3.05) is 5.32 Å². The molecule has 1 unspecified atom stereocenters. The van der Waals surface area contributed by atoms with Crippen molar-refractivity contribution in [1.29, 1.82) is 0 Å². The summed E-state index contributed by atoms with van der Waals surface area (Å²) < 4.78 is 18.0. The van der Waals surface area contributed by atoms with Crippen LogP contribution in [0.25, 0.3) is 0 Å². The highest BCUT2D eigenvalue weighted by Crippen LogP contribution is 2.28. The summed E-state index contributed by atoms with van der Waals surface area (Å²) in [5.41, 5.74) is 0.974. The first-order valence-corrected chi connectivity index (χ1v) is 7.42. The summed E-state index contributed by atoms with van der Waals surface area (Å²) in [4.78, 5) is 12.2. The quantitative estimate of drug-likeness (QED) is 0.866. The molecule has 0 saturated carbocycles. The number of carbonyl (C=O) groups is 1. The van der Waals surface area contributed by atoms with E-state index in [9.17, 15) is 9.18 Å². The second-order valence-electron chi connectivity index (χ2n) is 5.95. The van der Waals surface area contributed by atoms with Gasteiger partial charge in [0.2, 0.25) is 5.91 Å². The van der Waals surface area contributed by atoms with Gasteiger partial charge in [-0.15, -0.1) is 0 Å². The second-order valence-corrected chi connectivity index (χ2v) is 5.95. The lowest BCUT2D eigenvalue weighted by Gasteiger charge is -2.19. The predicted octanol–water partition coefficient (Wildman–Crippen LogP) is 4.28. The van der Waals surface area contributed by atoms with Crippen molar-refractivity contribution in [3.63, 3.8) is 0 Å². The van der Waals surface area contributed by atoms with Gasteiger partial charge in [-0.05, 0) is 42.9 Å². The van der Waals surface area contributed by atoms with Crippen molar-refractivity contribution < 1.29 is 13.7 Å². The Labute approximate surface area is 129 Å². The zero-order chi connectivity index (χ0) is 16.1. The Hall–Kier alpha value is -2.17. The van der Waals surface area contributed by atoms with E-state index in [1.54, 1.807) is 25.1 Å². The SMILES string of the molecule is Cc1cc(NC(=O)CC(CC(C)C)c2ccc(F)cc2)no1. The number of aryl methyl sites for hydroxylation is 1. The first-order valence-electron chi connectivity index (χ1n) is 7.42. The van der Waals surface area contributed by atoms with Crippen LogP contribution in [-0.2, 0) is 4.79 Å². The van der Waals surface area contributed by atoms with E-state index < -0.39 is 0 Å². The van der Waals surface area contributed by atoms with E-state index in [0.717, 1.165) is 12.0 Å². The van der Waals surface area contributed by atoms with Crippen LogP contribution in [0.3, 0.4) is 0 Å². The van der Waals surface area contributed by atoms with Gasteiger partial charge >= 0.3 is 0 Å². The third-order valence-electron chi connectivity index (χ3n) is 3.42. The molecule has 0 saturated heterocycles. The topological polar surface area (TPSA) is 55.1 Å². The zero-order valence-corrected chi connectivity index (χ0v) is 13.1. The molecule has 1 aromatic carbocycles. The smallest absolute Gasteiger partial charge is 0.226 e. The van der Waals surface area contributed by atoms with Crippen molar-refractivity contribution in [1.82, 2.24) is 5.16 Å². The van der Waals surface area contributed by atoms with Crippen LogP contribution in [0.4, 0.5) is 10.2 Å². The molecule has 4 nitrogen and oxygen atoms in total. The van der Waals surface area contributed by atoms with Crippen molar-refractivity contribution in [2.45, 2.75) is 39.5 Å². The van der Waals surface area contributed by atoms with Crippen molar-refractivity contribution in [3.8, 4) is 0 Å². The molecule has 1 heterocycles. The third kappa shape index (κ3) is 4.69. The maximum atomic E-state index is 13.1. The molecule has 1 aromatic heterocycles. The fourth-order valence-corrected chi connectivity index (χ4v) is 2.48. The maximum absolute atomic E-state index is 13.1. The maximum Gasteiger partial charge on any atom is 0.226 e. The van der Waals surface area contributed by atoms with E-state index >= 15 is 0 Å². The minimum Gasteiger partial charge on any atom is -0.360 e. The molecule has 2 aromatic rings. The van der Waals surface area contributed by atoms with E-state index in [0.29, 0.717) is 23.9 Å². The molecule has 0 bridgehead atoms. The summed E-state index contributed by atoms with van der Waals surface area (Å²) in [6.45, 7) is 5.98. The number of benzene rings is 1. The molecule has 0 aliphatic rings. The molecule has 118 valence electrons. The van der Waals surface area contributed by atoms with E-state index in [1.165, 1.54) is 12.1 Å². The number of anilines is 1. The molecule has 1 amide bonds. The minimum atomic E-state index is -0.269. The largest absolute Gasteiger partial charge is 0.360 e. The van der Waals surface area contributed by atoms with Crippen LogP contribution in [0, 0.1) is 18.7 Å². The summed E-state index contributed by atoms with van der Waals surface area (Å²) in [6, 6.07) is 8.03. The van der Waals surface area contributed by atoms with Crippen molar-refractivity contribution in [3.05, 3.63) is 47.5 Å². The van der Waals surface area contributed by atoms with Crippen LogP contribution in [0.2, 0.25) is 0 Å². The van der Waals surface area contributed by atoms with Crippen LogP contribution in [-0.4, -0.2) is 11.1 Å². The summed E-state index contributed by atoms with van der Waals surface area (Å²) in [6.07, 6.45) is 1.19. The molecule has 1 atom stereocenters. The Morgan fingerprint density at radius 2 is 2.00 bits per heavy atom. The molecule has 0 fully saturated rings. The number of nitrogens with one attached hydrogen (secondary N) is 1. The second kappa shape index (κ2) is 7.20. The molecule has 22 heavy (non-hydrogen) atoms. The fourth-order valence-electron chi connectivity index (χ4n) is 2.48. The van der Waals surface area contributed by atoms with Crippen molar-refractivity contribution >= 4 is 11.7 Å². The normalized spacial score (nSPS) is 12.4. The minimum absolute atomic E-state index is 0.0496. The number of halogens is 1. The number of carbonyl (C=O) groups excluding carboxylic acids is 1. The van der Waals surface area contributed by atoms with E-state index in [1.807, 2.05) is 0 Å². The highest BCUT2D eigenvalue weighted by atomic mass is 19.1. The number of rotatable bonds is 6. The van der Waals surface area contributed by atoms with Gasteiger partial charge in [-0.1, -0.05) is 31.1 Å². The van der Waals surface area contributed by atoms with Gasteiger partial charge in [-0.2, -0.15) is 0 Å². The number of hydrogen-bond acceptors (Lipinski definition) is 3. The first-order chi connectivity index (χ1) is 10.4. The van der Waals surface area contributed by atoms with Gasteiger partial charge < -0.3 is 9.84 Å². The van der Waals surface area contributed by atoms with Crippen LogP contribution >= 0.6 is 0 Å². The van der Waals surface area contributed by atoms with Crippen LogP contribution < -0.4 is 5.32 Å². The average molecular weight is 304 g/mol. The molecule has 0 spiro atoms. The van der Waals surface area contributed by atoms with E-state index in [2.05, 4.69) is 24.3 Å². The Morgan fingerprint density at radius 1 is 1.32 bits per heavy atom. The van der Waals surface area contributed by atoms with E-state index in [4.69, 9.17) is 4.52 Å². The third-order valence-corrected chi connectivity index (χ3v) is 3.42. The van der Waals surface area contributed by atoms with Gasteiger partial charge in [0.05, 0.1) is 0 Å². The average Bonchev–Trinajstić information content (AvgIpc) is 2.83. The Balaban J connectivity index is 2.05. The lowest BCUT2D eigenvalue weighted by Crippen LogP contribution is -2.17. The Bertz CT molecular complexity index is 620. The van der Waals surface area contributed by atoms with Gasteiger partial charge in [-0.25, -0.2) is 4.39 Å². The predicted molar refractivity (Wildman–Crippen MR) is 83.1 cm³/mol. The molecule has 5 heteroatoms. The standard InChI is InChI=1S/C17H21FN2O2/c1-11(2)8-14(13-4-6-15(18)7-5-13)10-17(21)19-16-9-12(3)22-20-16/h4-7,9,11,14H,8,10H2,1-3H3,(H,19,20,21). The number of hydrogen-bond donors (Lipinski definition) is 1. The monoisotopic (exact) mass is 304 g/mol. The molecule has 1 N–H and O–H groups in total. The summed E-state index contributed by atoms with van der Waals surface area (Å²) in [5, 5.41) is 6.48. The summed E-state index contributed by atoms with van der Waals surface area (Å²) >= 11 is 0. The first kappa shape index (κ1) is 16.2. The van der Waals surface area contributed by atoms with Gasteiger partial charge in [0.25, 0.3) is 0 Å². The molecule has 0 aliphatic heterocycles. The van der Waals surface area contributed by atoms with Crippen LogP contribution in [0.1, 0.15) is 43.9 Å². The highest BCUT2D eigenvalue weighted by molar-refractivity contribution is 5.90. The lowest BCUT2D eigenvalue weighted by molar-refractivity contribution is -0.116. The van der Waals surface area contributed by atoms with Gasteiger partial charge in [0, 0.05) is 12.5 Å². The summed E-state index contributed by atoms with van der Waals surface area (Å²) in [7, 11) is 0. The zero-order valence-electron chi connectivity index (χ0n) is 13.1. The molecule has 0 radical (unpaired) electrons. The molecular formula is C17H21FN2O2. The molecule has 0 aliphatic carbocycles. The highest BCUT2D eigenvalue weighted by Gasteiger charge is 2.18. The lowest BCUT2D eigenvalue weighted by atomic mass is 9.87. The van der Waals surface area contributed by atoms with Gasteiger partial charge in [-0.3, -0.25) is 4.79 Å². The molecule has 2 rings (SSSR count). The van der Waals surface area contributed by atoms with Gasteiger partial charge in [0.1, 0.15) is 11.6 Å². The summed E-state index contributed by atoms with van der Waals surface area (Å²) in [5.74, 6) is 1.17. The number of nitrogens with zero attached hydrogens (tertiary/aromatic N) is 1. The van der Waals surface area contributed by atoms with Crippen LogP contribution in [0.15, 0.2) is 34.9 Å². The molecular weight excluding hydrogens is 283 g/mol. The van der Waals surface area contributed by atoms with Crippen LogP contribution in [0.5, 0.6) is 0 Å². The van der Waals surface area contributed by atoms with Gasteiger partial charge in [0.15, 0.2) is 5.82 Å². The van der Waals surface area contributed by atoms with E-state index in [-0.39, 0.29) is 17.6 Å². The number of aromatic nitrogens is 1.